The Kier molecular flexibility index (Phi) is 5.15. The number of hydrogen-bond donors (Lipinski definition) is 1. The Morgan fingerprint density at radius 2 is 1.75 bits per heavy atom. The highest BCUT2D eigenvalue weighted by atomic mass is 19.4. The largest absolute Gasteiger partial charge is 0.419 e. The van der Waals surface area contributed by atoms with Crippen molar-refractivity contribution in [1.29, 1.82) is 0 Å². The first kappa shape index (κ1) is 16.9. The molecule has 0 aliphatic rings. The molecule has 0 unspecified atom stereocenters. The van der Waals surface area contributed by atoms with Crippen LogP contribution in [0.1, 0.15) is 25.0 Å². The molecule has 2 nitrogen and oxygen atoms in total. The van der Waals surface area contributed by atoms with Gasteiger partial charge in [0, 0.05) is 18.6 Å². The van der Waals surface area contributed by atoms with Crippen molar-refractivity contribution >= 4 is 0 Å². The van der Waals surface area contributed by atoms with Crippen LogP contribution in [-0.2, 0) is 12.7 Å². The van der Waals surface area contributed by atoms with Gasteiger partial charge >= 0.3 is 6.18 Å². The fourth-order valence-corrected chi connectivity index (χ4v) is 1.57. The third-order valence-electron chi connectivity index (χ3n) is 3.43. The summed E-state index contributed by atoms with van der Waals surface area (Å²) in [6, 6.07) is 3.07. The highest BCUT2D eigenvalue weighted by Crippen LogP contribution is 2.31. The van der Waals surface area contributed by atoms with E-state index in [0.717, 1.165) is 12.1 Å². The summed E-state index contributed by atoms with van der Waals surface area (Å²) in [6.07, 6.45) is -4.66. The van der Waals surface area contributed by atoms with E-state index in [4.69, 9.17) is 0 Å². The second-order valence-electron chi connectivity index (χ2n) is 5.62. The van der Waals surface area contributed by atoms with E-state index in [9.17, 15) is 17.6 Å². The molecule has 20 heavy (non-hydrogen) atoms. The monoisotopic (exact) mass is 292 g/mol. The fraction of sp³-hybridized carbons (Fsp3) is 0.571. The minimum atomic E-state index is -4.66. The zero-order valence-corrected chi connectivity index (χ0v) is 12.1. The van der Waals surface area contributed by atoms with Crippen LogP contribution in [0.15, 0.2) is 18.2 Å². The van der Waals surface area contributed by atoms with Crippen LogP contribution >= 0.6 is 0 Å². The lowest BCUT2D eigenvalue weighted by Crippen LogP contribution is -2.46. The zero-order chi connectivity index (χ0) is 15.6. The molecule has 0 fully saturated rings. The van der Waals surface area contributed by atoms with Gasteiger partial charge in [-0.15, -0.1) is 0 Å². The first-order chi connectivity index (χ1) is 9.04. The molecule has 0 bridgehead atoms. The molecule has 1 aromatic rings. The predicted octanol–water partition coefficient (Wildman–Crippen LogP) is 3.27. The van der Waals surface area contributed by atoms with E-state index < -0.39 is 17.6 Å². The van der Waals surface area contributed by atoms with Crippen LogP contribution in [-0.4, -0.2) is 31.1 Å². The van der Waals surface area contributed by atoms with Crippen molar-refractivity contribution < 1.29 is 17.6 Å². The van der Waals surface area contributed by atoms with Gasteiger partial charge in [-0.2, -0.15) is 13.2 Å². The predicted molar refractivity (Wildman–Crippen MR) is 70.9 cm³/mol. The van der Waals surface area contributed by atoms with Crippen molar-refractivity contribution in [1.82, 2.24) is 10.2 Å². The van der Waals surface area contributed by atoms with Crippen LogP contribution < -0.4 is 5.32 Å². The third kappa shape index (κ3) is 4.45. The lowest BCUT2D eigenvalue weighted by atomic mass is 10.0. The number of halogens is 4. The van der Waals surface area contributed by atoms with Gasteiger partial charge in [-0.05, 0) is 45.6 Å². The topological polar surface area (TPSA) is 15.3 Å². The van der Waals surface area contributed by atoms with Gasteiger partial charge in [-0.3, -0.25) is 0 Å². The SMILES string of the molecule is CN(C)C(C)(C)CNCc1ccc(F)c(C(F)(F)F)c1. The first-order valence-corrected chi connectivity index (χ1v) is 6.28. The fourth-order valence-electron chi connectivity index (χ4n) is 1.57. The van der Waals surface area contributed by atoms with Crippen molar-refractivity contribution in [3.05, 3.63) is 35.1 Å². The van der Waals surface area contributed by atoms with Crippen molar-refractivity contribution in [2.45, 2.75) is 32.1 Å². The molecule has 0 heterocycles. The van der Waals surface area contributed by atoms with Crippen molar-refractivity contribution in [2.24, 2.45) is 0 Å². The lowest BCUT2D eigenvalue weighted by Gasteiger charge is -2.32. The van der Waals surface area contributed by atoms with E-state index >= 15 is 0 Å². The molecule has 1 aromatic carbocycles. The summed E-state index contributed by atoms with van der Waals surface area (Å²) >= 11 is 0. The molecule has 0 radical (unpaired) electrons. The highest BCUT2D eigenvalue weighted by Gasteiger charge is 2.34. The third-order valence-corrected chi connectivity index (χ3v) is 3.43. The van der Waals surface area contributed by atoms with Crippen LogP contribution in [0.4, 0.5) is 17.6 Å². The van der Waals surface area contributed by atoms with Crippen molar-refractivity contribution in [3.63, 3.8) is 0 Å². The Morgan fingerprint density at radius 1 is 1.15 bits per heavy atom. The molecule has 0 aliphatic carbocycles. The molecule has 0 spiro atoms. The molecule has 0 aliphatic heterocycles. The number of nitrogens with one attached hydrogen (secondary N) is 1. The maximum absolute atomic E-state index is 13.1. The lowest BCUT2D eigenvalue weighted by molar-refractivity contribution is -0.140. The Balaban J connectivity index is 2.71. The molecular formula is C14H20F4N2. The Bertz CT molecular complexity index is 453. The summed E-state index contributed by atoms with van der Waals surface area (Å²) in [6.45, 7) is 4.91. The molecule has 1 rings (SSSR count). The minimum absolute atomic E-state index is 0.118. The molecule has 6 heteroatoms. The van der Waals surface area contributed by atoms with Crippen molar-refractivity contribution in [2.75, 3.05) is 20.6 Å². The maximum atomic E-state index is 13.1. The smallest absolute Gasteiger partial charge is 0.311 e. The first-order valence-electron chi connectivity index (χ1n) is 6.28. The second kappa shape index (κ2) is 6.10. The number of likely N-dealkylation sites (N-methyl/N-ethyl adjacent to an activating group) is 1. The molecule has 0 amide bonds. The summed E-state index contributed by atoms with van der Waals surface area (Å²) in [4.78, 5) is 2.02. The molecule has 0 aromatic heterocycles. The average Bonchev–Trinajstić information content (AvgIpc) is 2.29. The zero-order valence-electron chi connectivity index (χ0n) is 12.1. The van der Waals surface area contributed by atoms with E-state index in [1.807, 2.05) is 32.8 Å². The van der Waals surface area contributed by atoms with Gasteiger partial charge in [0.25, 0.3) is 0 Å². The van der Waals surface area contributed by atoms with Gasteiger partial charge in [0.05, 0.1) is 5.56 Å². The molecular weight excluding hydrogens is 272 g/mol. The Labute approximate surface area is 116 Å². The highest BCUT2D eigenvalue weighted by molar-refractivity contribution is 5.27. The van der Waals surface area contributed by atoms with E-state index in [2.05, 4.69) is 5.32 Å². The van der Waals surface area contributed by atoms with Crippen LogP contribution in [0.3, 0.4) is 0 Å². The summed E-state index contributed by atoms with van der Waals surface area (Å²) in [5.74, 6) is -1.24. The van der Waals surface area contributed by atoms with E-state index in [1.165, 1.54) is 6.07 Å². The number of rotatable bonds is 5. The van der Waals surface area contributed by atoms with E-state index in [-0.39, 0.29) is 12.1 Å². The molecule has 0 atom stereocenters. The van der Waals surface area contributed by atoms with Gasteiger partial charge in [0.15, 0.2) is 0 Å². The van der Waals surface area contributed by atoms with Gasteiger partial charge in [-0.1, -0.05) is 6.07 Å². The van der Waals surface area contributed by atoms with Crippen LogP contribution in [0.5, 0.6) is 0 Å². The van der Waals surface area contributed by atoms with Gasteiger partial charge < -0.3 is 10.2 Å². The number of benzene rings is 1. The summed E-state index contributed by atoms with van der Waals surface area (Å²) in [5, 5.41) is 3.09. The molecule has 1 N–H and O–H groups in total. The number of hydrogen-bond acceptors (Lipinski definition) is 2. The molecule has 0 saturated heterocycles. The summed E-state index contributed by atoms with van der Waals surface area (Å²) in [7, 11) is 3.86. The van der Waals surface area contributed by atoms with Crippen LogP contribution in [0.2, 0.25) is 0 Å². The van der Waals surface area contributed by atoms with Crippen molar-refractivity contribution in [3.8, 4) is 0 Å². The van der Waals surface area contributed by atoms with Gasteiger partial charge in [0.1, 0.15) is 5.82 Å². The van der Waals surface area contributed by atoms with Gasteiger partial charge in [0.2, 0.25) is 0 Å². The van der Waals surface area contributed by atoms with Crippen LogP contribution in [0.25, 0.3) is 0 Å². The van der Waals surface area contributed by atoms with Crippen LogP contribution in [0, 0.1) is 5.82 Å². The Morgan fingerprint density at radius 3 is 2.25 bits per heavy atom. The Hall–Kier alpha value is -1.14. The van der Waals surface area contributed by atoms with Gasteiger partial charge in [-0.25, -0.2) is 4.39 Å². The summed E-state index contributed by atoms with van der Waals surface area (Å²) in [5.41, 5.74) is -0.927. The number of alkyl halides is 3. The molecule has 114 valence electrons. The van der Waals surface area contributed by atoms with E-state index in [1.54, 1.807) is 0 Å². The molecule has 0 saturated carbocycles. The van der Waals surface area contributed by atoms with E-state index in [0.29, 0.717) is 12.1 Å². The number of nitrogens with zero attached hydrogens (tertiary/aromatic N) is 1. The summed E-state index contributed by atoms with van der Waals surface area (Å²) < 4.78 is 50.9. The average molecular weight is 292 g/mol. The minimum Gasteiger partial charge on any atom is -0.311 e. The maximum Gasteiger partial charge on any atom is 0.419 e. The quantitative estimate of drug-likeness (QED) is 0.838. The second-order valence-corrected chi connectivity index (χ2v) is 5.62. The standard InChI is InChI=1S/C14H20F4N2/c1-13(2,20(3)4)9-19-8-10-5-6-12(15)11(7-10)14(16,17)18/h5-7,19H,8-9H2,1-4H3. The normalized spacial score (nSPS) is 13.1.